The van der Waals surface area contributed by atoms with E-state index < -0.39 is 5.60 Å². The minimum absolute atomic E-state index is 0.104. The number of ether oxygens (including phenoxy) is 1. The van der Waals surface area contributed by atoms with Gasteiger partial charge in [-0.2, -0.15) is 0 Å². The summed E-state index contributed by atoms with van der Waals surface area (Å²) in [5.41, 5.74) is 1.27. The van der Waals surface area contributed by atoms with Gasteiger partial charge in [-0.3, -0.25) is 0 Å². The molecule has 0 bridgehead atoms. The van der Waals surface area contributed by atoms with Gasteiger partial charge < -0.3 is 9.84 Å². The third-order valence-corrected chi connectivity index (χ3v) is 5.83. The molecule has 2 nitrogen and oxygen atoms in total. The molecule has 0 aromatic heterocycles. The molecular weight excluding hydrogens is 316 g/mol. The summed E-state index contributed by atoms with van der Waals surface area (Å²) in [7, 11) is 1.78. The van der Waals surface area contributed by atoms with E-state index in [1.165, 1.54) is 5.56 Å². The molecule has 3 heteroatoms. The van der Waals surface area contributed by atoms with Gasteiger partial charge in [0.25, 0.3) is 0 Å². The Bertz CT molecular complexity index is 532. The summed E-state index contributed by atoms with van der Waals surface area (Å²) in [6, 6.07) is 6.24. The Morgan fingerprint density at radius 3 is 2.70 bits per heavy atom. The minimum atomic E-state index is -0.912. The standard InChI is InChI=1S/C17H21BrO2/c1-3-17(19)15-10-13(18)5-4-12(15)11-16(17)8-6-14(20-2)7-9-16/h3-5,10,14,19H,1,6-9,11H2,2H3/t14?,16?,17-/m0/s1. The van der Waals surface area contributed by atoms with Crippen molar-refractivity contribution in [1.82, 2.24) is 0 Å². The summed E-state index contributed by atoms with van der Waals surface area (Å²) in [5, 5.41) is 11.3. The quantitative estimate of drug-likeness (QED) is 0.828. The van der Waals surface area contributed by atoms with E-state index in [0.29, 0.717) is 6.10 Å². The van der Waals surface area contributed by atoms with Crippen LogP contribution in [0.1, 0.15) is 36.8 Å². The Balaban J connectivity index is 2.01. The highest BCUT2D eigenvalue weighted by Gasteiger charge is 2.56. The zero-order valence-electron chi connectivity index (χ0n) is 11.9. The molecule has 0 saturated heterocycles. The number of hydrogen-bond donors (Lipinski definition) is 1. The predicted octanol–water partition coefficient (Wildman–Crippen LogP) is 3.95. The summed E-state index contributed by atoms with van der Waals surface area (Å²) in [5.74, 6) is 0. The molecule has 1 aromatic carbocycles. The van der Waals surface area contributed by atoms with Gasteiger partial charge in [-0.05, 0) is 55.4 Å². The van der Waals surface area contributed by atoms with E-state index in [-0.39, 0.29) is 5.41 Å². The SMILES string of the molecule is C=C[C@]1(O)c2cc(Br)ccc2CC12CCC(OC)CC2. The van der Waals surface area contributed by atoms with Crippen LogP contribution in [0.25, 0.3) is 0 Å². The monoisotopic (exact) mass is 336 g/mol. The van der Waals surface area contributed by atoms with Crippen LogP contribution >= 0.6 is 15.9 Å². The fraction of sp³-hybridized carbons (Fsp3) is 0.529. The Kier molecular flexibility index (Phi) is 3.56. The third-order valence-electron chi connectivity index (χ3n) is 5.34. The fourth-order valence-corrected chi connectivity index (χ4v) is 4.47. The van der Waals surface area contributed by atoms with Gasteiger partial charge in [0.1, 0.15) is 5.60 Å². The van der Waals surface area contributed by atoms with Crippen molar-refractivity contribution < 1.29 is 9.84 Å². The van der Waals surface area contributed by atoms with E-state index in [2.05, 4.69) is 34.6 Å². The van der Waals surface area contributed by atoms with Crippen molar-refractivity contribution in [1.29, 1.82) is 0 Å². The average Bonchev–Trinajstić information content (AvgIpc) is 2.70. The van der Waals surface area contributed by atoms with E-state index in [0.717, 1.165) is 42.1 Å². The van der Waals surface area contributed by atoms with Crippen LogP contribution in [0.3, 0.4) is 0 Å². The molecule has 1 aromatic rings. The zero-order valence-corrected chi connectivity index (χ0v) is 13.4. The minimum Gasteiger partial charge on any atom is -0.381 e. The number of rotatable bonds is 2. The second-order valence-electron chi connectivity index (χ2n) is 6.16. The van der Waals surface area contributed by atoms with Crippen molar-refractivity contribution in [2.75, 3.05) is 7.11 Å². The van der Waals surface area contributed by atoms with Crippen molar-refractivity contribution >= 4 is 15.9 Å². The lowest BCUT2D eigenvalue weighted by Gasteiger charge is -2.45. The highest BCUT2D eigenvalue weighted by Crippen LogP contribution is 2.58. The maximum Gasteiger partial charge on any atom is 0.114 e. The van der Waals surface area contributed by atoms with Crippen LogP contribution in [0.2, 0.25) is 0 Å². The molecule has 3 rings (SSSR count). The molecule has 1 N–H and O–H groups in total. The zero-order chi connectivity index (χ0) is 14.4. The molecule has 2 aliphatic rings. The molecule has 2 aliphatic carbocycles. The van der Waals surface area contributed by atoms with Crippen LogP contribution in [0.15, 0.2) is 35.3 Å². The van der Waals surface area contributed by atoms with Gasteiger partial charge in [0.05, 0.1) is 6.10 Å². The molecule has 1 spiro atoms. The van der Waals surface area contributed by atoms with Crippen LogP contribution in [0, 0.1) is 5.41 Å². The molecule has 0 unspecified atom stereocenters. The Hall–Kier alpha value is -0.640. The van der Waals surface area contributed by atoms with Gasteiger partial charge in [0.15, 0.2) is 0 Å². The molecule has 108 valence electrons. The molecule has 1 saturated carbocycles. The van der Waals surface area contributed by atoms with Crippen molar-refractivity contribution in [3.8, 4) is 0 Å². The van der Waals surface area contributed by atoms with Crippen molar-refractivity contribution in [3.05, 3.63) is 46.5 Å². The molecule has 0 heterocycles. The topological polar surface area (TPSA) is 29.5 Å². The van der Waals surface area contributed by atoms with E-state index >= 15 is 0 Å². The molecule has 1 fully saturated rings. The number of methoxy groups -OCH3 is 1. The maximum absolute atomic E-state index is 11.3. The number of fused-ring (bicyclic) bond motifs is 1. The number of hydrogen-bond acceptors (Lipinski definition) is 2. The normalized spacial score (nSPS) is 36.0. The van der Waals surface area contributed by atoms with Gasteiger partial charge in [-0.25, -0.2) is 0 Å². The number of benzene rings is 1. The lowest BCUT2D eigenvalue weighted by atomic mass is 9.63. The molecule has 0 radical (unpaired) electrons. The summed E-state index contributed by atoms with van der Waals surface area (Å²) in [6.45, 7) is 3.94. The van der Waals surface area contributed by atoms with Crippen molar-refractivity contribution in [3.63, 3.8) is 0 Å². The fourth-order valence-electron chi connectivity index (χ4n) is 4.11. The first-order valence-electron chi connectivity index (χ1n) is 7.22. The predicted molar refractivity (Wildman–Crippen MR) is 83.6 cm³/mol. The van der Waals surface area contributed by atoms with Crippen molar-refractivity contribution in [2.45, 2.75) is 43.8 Å². The highest BCUT2D eigenvalue weighted by molar-refractivity contribution is 9.10. The van der Waals surface area contributed by atoms with Crippen molar-refractivity contribution in [2.24, 2.45) is 5.41 Å². The van der Waals surface area contributed by atoms with Crippen LogP contribution in [0.4, 0.5) is 0 Å². The van der Waals surface area contributed by atoms with Crippen LogP contribution in [-0.4, -0.2) is 18.3 Å². The molecule has 20 heavy (non-hydrogen) atoms. The first-order valence-corrected chi connectivity index (χ1v) is 8.02. The molecule has 1 atom stereocenters. The Labute approximate surface area is 129 Å². The largest absolute Gasteiger partial charge is 0.381 e. The van der Waals surface area contributed by atoms with E-state index in [1.807, 2.05) is 6.07 Å². The van der Waals surface area contributed by atoms with Crippen LogP contribution < -0.4 is 0 Å². The molecule has 0 aliphatic heterocycles. The number of aliphatic hydroxyl groups is 1. The summed E-state index contributed by atoms with van der Waals surface area (Å²) in [4.78, 5) is 0. The third kappa shape index (κ3) is 1.91. The highest BCUT2D eigenvalue weighted by atomic mass is 79.9. The average molecular weight is 337 g/mol. The second-order valence-corrected chi connectivity index (χ2v) is 7.08. The van der Waals surface area contributed by atoms with Gasteiger partial charge in [0, 0.05) is 17.0 Å². The first-order chi connectivity index (χ1) is 9.54. The maximum atomic E-state index is 11.3. The van der Waals surface area contributed by atoms with Gasteiger partial charge in [-0.1, -0.05) is 34.7 Å². The van der Waals surface area contributed by atoms with E-state index in [1.54, 1.807) is 13.2 Å². The van der Waals surface area contributed by atoms with E-state index in [4.69, 9.17) is 4.74 Å². The lowest BCUT2D eigenvalue weighted by molar-refractivity contribution is -0.0820. The van der Waals surface area contributed by atoms with Gasteiger partial charge >= 0.3 is 0 Å². The summed E-state index contributed by atoms with van der Waals surface area (Å²) < 4.78 is 6.49. The van der Waals surface area contributed by atoms with E-state index in [9.17, 15) is 5.11 Å². The van der Waals surface area contributed by atoms with Gasteiger partial charge in [-0.15, -0.1) is 0 Å². The first kappa shape index (κ1) is 14.3. The summed E-state index contributed by atoms with van der Waals surface area (Å²) in [6.07, 6.45) is 7.03. The Morgan fingerprint density at radius 2 is 2.10 bits per heavy atom. The molecule has 0 amide bonds. The number of halogens is 1. The second kappa shape index (κ2) is 4.97. The van der Waals surface area contributed by atoms with Gasteiger partial charge in [0.2, 0.25) is 0 Å². The van der Waals surface area contributed by atoms with Crippen LogP contribution in [0.5, 0.6) is 0 Å². The lowest BCUT2D eigenvalue weighted by Crippen LogP contribution is -2.44. The smallest absolute Gasteiger partial charge is 0.114 e. The summed E-state index contributed by atoms with van der Waals surface area (Å²) >= 11 is 3.51. The molecular formula is C17H21BrO2. The Morgan fingerprint density at radius 1 is 1.40 bits per heavy atom. The van der Waals surface area contributed by atoms with Crippen LogP contribution in [-0.2, 0) is 16.8 Å².